The first-order chi connectivity index (χ1) is 9.49. The minimum atomic E-state index is -0.191. The van der Waals surface area contributed by atoms with Crippen LogP contribution in [0.1, 0.15) is 20.8 Å². The van der Waals surface area contributed by atoms with E-state index in [9.17, 15) is 4.79 Å². The number of carbonyl (C=O) groups excluding carboxylic acids is 1. The Balaban J connectivity index is 2.69. The van der Waals surface area contributed by atoms with E-state index in [-0.39, 0.29) is 23.3 Å². The number of anilines is 2. The van der Waals surface area contributed by atoms with Gasteiger partial charge in [0.05, 0.1) is 11.4 Å². The molecule has 0 saturated carbocycles. The molecule has 0 spiro atoms. The SMILES string of the molecule is CCN(CCO)c1ccc(NC(=O)C(Br)C(C)C)cc1. The molecule has 5 heteroatoms. The molecule has 20 heavy (non-hydrogen) atoms. The molecule has 0 saturated heterocycles. The van der Waals surface area contributed by atoms with E-state index >= 15 is 0 Å². The molecule has 0 aliphatic carbocycles. The Morgan fingerprint density at radius 3 is 2.40 bits per heavy atom. The second-order valence-electron chi connectivity index (χ2n) is 4.99. The third-order valence-electron chi connectivity index (χ3n) is 3.09. The average Bonchev–Trinajstić information content (AvgIpc) is 2.44. The van der Waals surface area contributed by atoms with E-state index in [1.165, 1.54) is 0 Å². The fourth-order valence-electron chi connectivity index (χ4n) is 1.86. The first kappa shape index (κ1) is 17.0. The van der Waals surface area contributed by atoms with Crippen LogP contribution in [0, 0.1) is 5.92 Å². The first-order valence-electron chi connectivity index (χ1n) is 6.90. The van der Waals surface area contributed by atoms with E-state index < -0.39 is 0 Å². The maximum atomic E-state index is 11.9. The van der Waals surface area contributed by atoms with Crippen LogP contribution in [-0.4, -0.2) is 35.5 Å². The summed E-state index contributed by atoms with van der Waals surface area (Å²) in [6.07, 6.45) is 0. The van der Waals surface area contributed by atoms with Crippen molar-refractivity contribution in [2.75, 3.05) is 29.9 Å². The molecule has 0 heterocycles. The monoisotopic (exact) mass is 342 g/mol. The molecule has 0 aromatic heterocycles. The predicted octanol–water partition coefficient (Wildman–Crippen LogP) is 2.86. The molecule has 1 unspecified atom stereocenters. The van der Waals surface area contributed by atoms with Crippen molar-refractivity contribution in [3.05, 3.63) is 24.3 Å². The minimum Gasteiger partial charge on any atom is -0.395 e. The van der Waals surface area contributed by atoms with Crippen LogP contribution >= 0.6 is 15.9 Å². The number of carbonyl (C=O) groups is 1. The highest BCUT2D eigenvalue weighted by atomic mass is 79.9. The average molecular weight is 343 g/mol. The van der Waals surface area contributed by atoms with Gasteiger partial charge in [-0.3, -0.25) is 4.79 Å². The number of benzene rings is 1. The van der Waals surface area contributed by atoms with Crippen molar-refractivity contribution in [3.8, 4) is 0 Å². The summed E-state index contributed by atoms with van der Waals surface area (Å²) in [6, 6.07) is 7.67. The second kappa shape index (κ2) is 8.27. The Labute approximate surface area is 129 Å². The molecule has 0 aliphatic rings. The number of nitrogens with zero attached hydrogens (tertiary/aromatic N) is 1. The van der Waals surface area contributed by atoms with Gasteiger partial charge in [-0.25, -0.2) is 0 Å². The first-order valence-corrected chi connectivity index (χ1v) is 7.82. The van der Waals surface area contributed by atoms with Crippen LogP contribution in [0.3, 0.4) is 0 Å². The summed E-state index contributed by atoms with van der Waals surface area (Å²) >= 11 is 3.39. The Kier molecular flexibility index (Phi) is 7.02. The number of aliphatic hydroxyl groups is 1. The number of aliphatic hydroxyl groups excluding tert-OH is 1. The molecule has 0 bridgehead atoms. The van der Waals surface area contributed by atoms with Crippen molar-refractivity contribution in [3.63, 3.8) is 0 Å². The summed E-state index contributed by atoms with van der Waals surface area (Å²) in [5.74, 6) is 0.213. The zero-order valence-corrected chi connectivity index (χ0v) is 13.9. The van der Waals surface area contributed by atoms with Gasteiger partial charge in [0, 0.05) is 24.5 Å². The zero-order chi connectivity index (χ0) is 15.1. The van der Waals surface area contributed by atoms with Crippen LogP contribution in [0.2, 0.25) is 0 Å². The number of amides is 1. The summed E-state index contributed by atoms with van der Waals surface area (Å²) in [4.78, 5) is 13.8. The molecular formula is C15H23BrN2O2. The van der Waals surface area contributed by atoms with E-state index in [0.717, 1.165) is 17.9 Å². The minimum absolute atomic E-state index is 0.0320. The van der Waals surface area contributed by atoms with Crippen molar-refractivity contribution in [2.45, 2.75) is 25.6 Å². The van der Waals surface area contributed by atoms with Crippen LogP contribution in [0.25, 0.3) is 0 Å². The molecule has 112 valence electrons. The highest BCUT2D eigenvalue weighted by Gasteiger charge is 2.18. The van der Waals surface area contributed by atoms with Gasteiger partial charge in [-0.1, -0.05) is 29.8 Å². The summed E-state index contributed by atoms with van der Waals surface area (Å²) in [5, 5.41) is 11.9. The Bertz CT molecular complexity index is 420. The van der Waals surface area contributed by atoms with Crippen molar-refractivity contribution in [1.29, 1.82) is 0 Å². The predicted molar refractivity (Wildman–Crippen MR) is 87.6 cm³/mol. The Morgan fingerprint density at radius 2 is 1.95 bits per heavy atom. The molecule has 0 radical (unpaired) electrons. The largest absolute Gasteiger partial charge is 0.395 e. The molecular weight excluding hydrogens is 320 g/mol. The Hall–Kier alpha value is -1.07. The topological polar surface area (TPSA) is 52.6 Å². The lowest BCUT2D eigenvalue weighted by molar-refractivity contribution is -0.116. The van der Waals surface area contributed by atoms with Gasteiger partial charge in [0.15, 0.2) is 0 Å². The third kappa shape index (κ3) is 4.80. The quantitative estimate of drug-likeness (QED) is 0.749. The molecule has 1 atom stereocenters. The van der Waals surface area contributed by atoms with Gasteiger partial charge in [-0.2, -0.15) is 0 Å². The van der Waals surface area contributed by atoms with E-state index in [1.807, 2.05) is 45.0 Å². The summed E-state index contributed by atoms with van der Waals surface area (Å²) < 4.78 is 0. The van der Waals surface area contributed by atoms with E-state index in [2.05, 4.69) is 26.1 Å². The van der Waals surface area contributed by atoms with E-state index in [0.29, 0.717) is 6.54 Å². The maximum absolute atomic E-state index is 11.9. The van der Waals surface area contributed by atoms with E-state index in [1.54, 1.807) is 0 Å². The number of alkyl halides is 1. The molecule has 4 nitrogen and oxygen atoms in total. The lowest BCUT2D eigenvalue weighted by Gasteiger charge is -2.22. The van der Waals surface area contributed by atoms with Crippen molar-refractivity contribution in [2.24, 2.45) is 5.92 Å². The van der Waals surface area contributed by atoms with Crippen LogP contribution in [0.15, 0.2) is 24.3 Å². The molecule has 1 rings (SSSR count). The number of hydrogen-bond donors (Lipinski definition) is 2. The lowest BCUT2D eigenvalue weighted by Crippen LogP contribution is -2.27. The van der Waals surface area contributed by atoms with Gasteiger partial charge in [-0.15, -0.1) is 0 Å². The van der Waals surface area contributed by atoms with E-state index in [4.69, 9.17) is 5.11 Å². The fourth-order valence-corrected chi connectivity index (χ4v) is 1.97. The van der Waals surface area contributed by atoms with Crippen molar-refractivity contribution in [1.82, 2.24) is 0 Å². The molecule has 0 aliphatic heterocycles. The highest BCUT2D eigenvalue weighted by molar-refractivity contribution is 9.10. The smallest absolute Gasteiger partial charge is 0.238 e. The number of halogens is 1. The molecule has 1 amide bonds. The summed E-state index contributed by atoms with van der Waals surface area (Å²) in [7, 11) is 0. The van der Waals surface area contributed by atoms with Gasteiger partial charge < -0.3 is 15.3 Å². The summed E-state index contributed by atoms with van der Waals surface area (Å²) in [5.41, 5.74) is 1.82. The molecule has 0 fully saturated rings. The number of likely N-dealkylation sites (N-methyl/N-ethyl adjacent to an activating group) is 1. The number of hydrogen-bond acceptors (Lipinski definition) is 3. The van der Waals surface area contributed by atoms with Gasteiger partial charge >= 0.3 is 0 Å². The maximum Gasteiger partial charge on any atom is 0.238 e. The van der Waals surface area contributed by atoms with Gasteiger partial charge in [0.25, 0.3) is 0 Å². The standard InChI is InChI=1S/C15H23BrN2O2/c1-4-18(9-10-19)13-7-5-12(6-8-13)17-15(20)14(16)11(2)3/h5-8,11,14,19H,4,9-10H2,1-3H3,(H,17,20). The molecule has 2 N–H and O–H groups in total. The molecule has 1 aromatic rings. The fraction of sp³-hybridized carbons (Fsp3) is 0.533. The van der Waals surface area contributed by atoms with Gasteiger partial charge in [-0.05, 0) is 37.1 Å². The van der Waals surface area contributed by atoms with Crippen LogP contribution < -0.4 is 10.2 Å². The normalized spacial score (nSPS) is 12.3. The third-order valence-corrected chi connectivity index (χ3v) is 4.56. The lowest BCUT2D eigenvalue weighted by atomic mass is 10.1. The van der Waals surface area contributed by atoms with Crippen LogP contribution in [0.5, 0.6) is 0 Å². The zero-order valence-electron chi connectivity index (χ0n) is 12.3. The summed E-state index contributed by atoms with van der Waals surface area (Å²) in [6.45, 7) is 7.61. The van der Waals surface area contributed by atoms with Gasteiger partial charge in [0.2, 0.25) is 5.91 Å². The second-order valence-corrected chi connectivity index (χ2v) is 5.97. The molecule has 1 aromatic carbocycles. The van der Waals surface area contributed by atoms with Crippen molar-refractivity contribution < 1.29 is 9.90 Å². The van der Waals surface area contributed by atoms with Crippen LogP contribution in [0.4, 0.5) is 11.4 Å². The van der Waals surface area contributed by atoms with Crippen LogP contribution in [-0.2, 0) is 4.79 Å². The highest BCUT2D eigenvalue weighted by Crippen LogP contribution is 2.19. The van der Waals surface area contributed by atoms with Crippen molar-refractivity contribution >= 4 is 33.2 Å². The number of nitrogens with one attached hydrogen (secondary N) is 1. The number of rotatable bonds is 7. The van der Waals surface area contributed by atoms with Gasteiger partial charge in [0.1, 0.15) is 0 Å². The Morgan fingerprint density at radius 1 is 1.35 bits per heavy atom.